The van der Waals surface area contributed by atoms with Crippen LogP contribution in [0.15, 0.2) is 54.6 Å². The summed E-state index contributed by atoms with van der Waals surface area (Å²) in [7, 11) is 0. The molecule has 1 amide bonds. The van der Waals surface area contributed by atoms with E-state index in [1.165, 1.54) is 0 Å². The van der Waals surface area contributed by atoms with Crippen LogP contribution in [0, 0.1) is 5.92 Å². The predicted molar refractivity (Wildman–Crippen MR) is 116 cm³/mol. The zero-order chi connectivity index (χ0) is 20.5. The van der Waals surface area contributed by atoms with E-state index in [1.807, 2.05) is 18.2 Å². The minimum absolute atomic E-state index is 0.0210. The van der Waals surface area contributed by atoms with Gasteiger partial charge in [0.05, 0.1) is 6.54 Å². The van der Waals surface area contributed by atoms with Crippen LogP contribution in [-0.4, -0.2) is 55.9 Å². The van der Waals surface area contributed by atoms with Crippen LogP contribution in [0.5, 0.6) is 0 Å². The molecule has 4 N–H and O–H groups in total. The molecule has 1 fully saturated rings. The summed E-state index contributed by atoms with van der Waals surface area (Å²) in [4.78, 5) is 27.0. The number of nitrogens with one attached hydrogen (secondary N) is 2. The minimum Gasteiger partial charge on any atom is -0.329 e. The van der Waals surface area contributed by atoms with Gasteiger partial charge < -0.3 is 16.4 Å². The minimum atomic E-state index is -0.0214. The van der Waals surface area contributed by atoms with Gasteiger partial charge in [0.1, 0.15) is 0 Å². The Morgan fingerprint density at radius 2 is 1.62 bits per heavy atom. The number of hydrogen-bond acceptors (Lipinski definition) is 5. The third-order valence-electron chi connectivity index (χ3n) is 5.30. The van der Waals surface area contributed by atoms with Gasteiger partial charge in [-0.1, -0.05) is 30.3 Å². The van der Waals surface area contributed by atoms with Gasteiger partial charge in [-0.15, -0.1) is 0 Å². The second-order valence-electron chi connectivity index (χ2n) is 7.53. The number of benzene rings is 2. The van der Waals surface area contributed by atoms with Crippen molar-refractivity contribution >= 4 is 17.4 Å². The van der Waals surface area contributed by atoms with Crippen molar-refractivity contribution in [2.24, 2.45) is 11.7 Å². The molecule has 0 radical (unpaired) electrons. The fourth-order valence-corrected chi connectivity index (χ4v) is 3.62. The van der Waals surface area contributed by atoms with Crippen LogP contribution in [0.3, 0.4) is 0 Å². The molecular weight excluding hydrogens is 364 g/mol. The van der Waals surface area contributed by atoms with Gasteiger partial charge in [-0.3, -0.25) is 14.5 Å². The number of rotatable bonds is 9. The number of nitrogens with zero attached hydrogens (tertiary/aromatic N) is 1. The number of anilines is 1. The molecule has 0 atom stereocenters. The summed E-state index contributed by atoms with van der Waals surface area (Å²) in [5.74, 6) is 0.620. The molecule has 154 valence electrons. The lowest BCUT2D eigenvalue weighted by Gasteiger charge is -2.31. The average Bonchev–Trinajstić information content (AvgIpc) is 2.76. The van der Waals surface area contributed by atoms with Crippen LogP contribution in [0.1, 0.15) is 28.8 Å². The number of hydrogen-bond donors (Lipinski definition) is 3. The fourth-order valence-electron chi connectivity index (χ4n) is 3.62. The van der Waals surface area contributed by atoms with Crippen LogP contribution < -0.4 is 16.4 Å². The topological polar surface area (TPSA) is 87.5 Å². The summed E-state index contributed by atoms with van der Waals surface area (Å²) >= 11 is 0. The van der Waals surface area contributed by atoms with E-state index in [9.17, 15) is 9.59 Å². The first-order valence-corrected chi connectivity index (χ1v) is 10.3. The second-order valence-corrected chi connectivity index (χ2v) is 7.53. The zero-order valence-corrected chi connectivity index (χ0v) is 16.8. The Balaban J connectivity index is 1.44. The monoisotopic (exact) mass is 394 g/mol. The van der Waals surface area contributed by atoms with Crippen molar-refractivity contribution in [1.82, 2.24) is 10.2 Å². The molecule has 2 aromatic carbocycles. The van der Waals surface area contributed by atoms with E-state index in [-0.39, 0.29) is 11.7 Å². The Kier molecular flexibility index (Phi) is 7.93. The summed E-state index contributed by atoms with van der Waals surface area (Å²) in [5, 5.41) is 6.30. The zero-order valence-electron chi connectivity index (χ0n) is 16.8. The molecule has 1 heterocycles. The standard InChI is InChI=1S/C23H30N4O2/c24-12-13-25-16-18-10-14-27(15-11-18)17-22(28)26-21-8-6-20(7-9-21)23(29)19-4-2-1-3-5-19/h1-9,18,25H,10-17,24H2,(H,26,28). The largest absolute Gasteiger partial charge is 0.329 e. The maximum atomic E-state index is 12.4. The van der Waals surface area contributed by atoms with E-state index >= 15 is 0 Å². The molecule has 1 saturated heterocycles. The first-order valence-electron chi connectivity index (χ1n) is 10.3. The van der Waals surface area contributed by atoms with Crippen molar-refractivity contribution in [3.05, 3.63) is 65.7 Å². The number of carbonyl (C=O) groups excluding carboxylic acids is 2. The molecule has 29 heavy (non-hydrogen) atoms. The highest BCUT2D eigenvalue weighted by atomic mass is 16.2. The molecule has 2 aromatic rings. The van der Waals surface area contributed by atoms with Gasteiger partial charge >= 0.3 is 0 Å². The van der Waals surface area contributed by atoms with Gasteiger partial charge in [0.15, 0.2) is 5.78 Å². The maximum absolute atomic E-state index is 12.4. The number of likely N-dealkylation sites (tertiary alicyclic amines) is 1. The Labute approximate surface area is 172 Å². The molecule has 6 nitrogen and oxygen atoms in total. The van der Waals surface area contributed by atoms with Gasteiger partial charge in [-0.2, -0.15) is 0 Å². The molecular formula is C23H30N4O2. The maximum Gasteiger partial charge on any atom is 0.238 e. The molecule has 0 aromatic heterocycles. The van der Waals surface area contributed by atoms with Crippen molar-refractivity contribution in [3.8, 4) is 0 Å². The van der Waals surface area contributed by atoms with Gasteiger partial charge in [-0.05, 0) is 62.7 Å². The third-order valence-corrected chi connectivity index (χ3v) is 5.30. The predicted octanol–water partition coefficient (Wildman–Crippen LogP) is 2.12. The Bertz CT molecular complexity index is 784. The molecule has 0 spiro atoms. The number of piperidine rings is 1. The number of ketones is 1. The Hall–Kier alpha value is -2.54. The van der Waals surface area contributed by atoms with E-state index in [2.05, 4.69) is 15.5 Å². The fraction of sp³-hybridized carbons (Fsp3) is 0.391. The molecule has 0 bridgehead atoms. The van der Waals surface area contributed by atoms with Crippen LogP contribution in [0.25, 0.3) is 0 Å². The average molecular weight is 395 g/mol. The summed E-state index contributed by atoms with van der Waals surface area (Å²) < 4.78 is 0. The molecule has 0 saturated carbocycles. The molecule has 0 aliphatic carbocycles. The number of amides is 1. The van der Waals surface area contributed by atoms with Gasteiger partial charge in [-0.25, -0.2) is 0 Å². The lowest BCUT2D eigenvalue weighted by molar-refractivity contribution is -0.117. The summed E-state index contributed by atoms with van der Waals surface area (Å²) in [6.45, 7) is 4.80. The van der Waals surface area contributed by atoms with Gasteiger partial charge in [0, 0.05) is 29.9 Å². The summed E-state index contributed by atoms with van der Waals surface area (Å²) in [6.07, 6.45) is 2.20. The first-order chi connectivity index (χ1) is 14.2. The first kappa shape index (κ1) is 21.2. The number of nitrogens with two attached hydrogens (primary N) is 1. The van der Waals surface area contributed by atoms with Crippen molar-refractivity contribution in [2.75, 3.05) is 44.6 Å². The quantitative estimate of drug-likeness (QED) is 0.448. The second kappa shape index (κ2) is 10.9. The van der Waals surface area contributed by atoms with Crippen molar-refractivity contribution in [1.29, 1.82) is 0 Å². The highest BCUT2D eigenvalue weighted by Crippen LogP contribution is 2.17. The van der Waals surface area contributed by atoms with Gasteiger partial charge in [0.25, 0.3) is 0 Å². The molecule has 1 aliphatic rings. The molecule has 1 aliphatic heterocycles. The van der Waals surface area contributed by atoms with Crippen LogP contribution >= 0.6 is 0 Å². The lowest BCUT2D eigenvalue weighted by Crippen LogP contribution is -2.41. The third kappa shape index (κ3) is 6.49. The highest BCUT2D eigenvalue weighted by molar-refractivity contribution is 6.09. The summed E-state index contributed by atoms with van der Waals surface area (Å²) in [5.41, 5.74) is 7.48. The summed E-state index contributed by atoms with van der Waals surface area (Å²) in [6, 6.07) is 16.3. The van der Waals surface area contributed by atoms with E-state index in [0.717, 1.165) is 39.0 Å². The highest BCUT2D eigenvalue weighted by Gasteiger charge is 2.20. The van der Waals surface area contributed by atoms with E-state index < -0.39 is 0 Å². The number of carbonyl (C=O) groups is 2. The lowest BCUT2D eigenvalue weighted by atomic mass is 9.97. The van der Waals surface area contributed by atoms with Gasteiger partial charge in [0.2, 0.25) is 5.91 Å². The van der Waals surface area contributed by atoms with Crippen LogP contribution in [0.4, 0.5) is 5.69 Å². The molecule has 0 unspecified atom stereocenters. The van der Waals surface area contributed by atoms with Crippen molar-refractivity contribution in [2.45, 2.75) is 12.8 Å². The van der Waals surface area contributed by atoms with Crippen LogP contribution in [-0.2, 0) is 4.79 Å². The normalized spacial score (nSPS) is 15.2. The van der Waals surface area contributed by atoms with Crippen LogP contribution in [0.2, 0.25) is 0 Å². The Morgan fingerprint density at radius 1 is 0.966 bits per heavy atom. The molecule has 6 heteroatoms. The van der Waals surface area contributed by atoms with Crippen molar-refractivity contribution < 1.29 is 9.59 Å². The Morgan fingerprint density at radius 3 is 2.28 bits per heavy atom. The SMILES string of the molecule is NCCNCC1CCN(CC(=O)Nc2ccc(C(=O)c3ccccc3)cc2)CC1. The van der Waals surface area contributed by atoms with E-state index in [0.29, 0.717) is 35.8 Å². The van der Waals surface area contributed by atoms with Crippen molar-refractivity contribution in [3.63, 3.8) is 0 Å². The van der Waals surface area contributed by atoms with E-state index in [1.54, 1.807) is 36.4 Å². The molecule has 3 rings (SSSR count). The van der Waals surface area contributed by atoms with E-state index in [4.69, 9.17) is 5.73 Å². The smallest absolute Gasteiger partial charge is 0.238 e.